The molecule has 2 aromatic heterocycles. The van der Waals surface area contributed by atoms with E-state index in [1.165, 1.54) is 0 Å². The summed E-state index contributed by atoms with van der Waals surface area (Å²) in [6.07, 6.45) is 7.48. The van der Waals surface area contributed by atoms with E-state index in [2.05, 4.69) is 10.3 Å². The van der Waals surface area contributed by atoms with Gasteiger partial charge in [-0.1, -0.05) is 11.8 Å². The van der Waals surface area contributed by atoms with Gasteiger partial charge in [0, 0.05) is 31.5 Å². The Hall–Kier alpha value is -1.15. The first-order chi connectivity index (χ1) is 11.1. The lowest BCUT2D eigenvalue weighted by Crippen LogP contribution is -2.40. The fourth-order valence-corrected chi connectivity index (χ4v) is 3.55. The molecule has 25 heavy (non-hydrogen) atoms. The van der Waals surface area contributed by atoms with E-state index in [0.29, 0.717) is 11.5 Å². The summed E-state index contributed by atoms with van der Waals surface area (Å²) in [5.74, 6) is 1.65. The maximum atomic E-state index is 12.2. The maximum Gasteiger partial charge on any atom is 0.287 e. The number of imidazole rings is 1. The van der Waals surface area contributed by atoms with Crippen LogP contribution in [0.4, 0.5) is 0 Å². The second kappa shape index (κ2) is 10.1. The highest BCUT2D eigenvalue weighted by molar-refractivity contribution is 7.98. The molecule has 1 aliphatic carbocycles. The standard InChI is InChI=1S/C16H22N4O2S.2ClH/c1-20-9-8-18-16(20)23-10-13-6-7-14(22-13)15(21)19-12-4-2-11(17)3-5-12;;/h6-9,11-12H,2-5,10,17H2,1H3,(H,19,21);2*1H. The third kappa shape index (κ3) is 5.95. The molecule has 1 saturated carbocycles. The van der Waals surface area contributed by atoms with Crippen molar-refractivity contribution in [1.82, 2.24) is 14.9 Å². The van der Waals surface area contributed by atoms with E-state index >= 15 is 0 Å². The number of nitrogens with two attached hydrogens (primary N) is 1. The van der Waals surface area contributed by atoms with Crippen LogP contribution in [0.25, 0.3) is 0 Å². The Labute approximate surface area is 164 Å². The van der Waals surface area contributed by atoms with E-state index in [1.807, 2.05) is 23.9 Å². The second-order valence-electron chi connectivity index (χ2n) is 5.96. The summed E-state index contributed by atoms with van der Waals surface area (Å²) in [4.78, 5) is 16.5. The van der Waals surface area contributed by atoms with Crippen molar-refractivity contribution < 1.29 is 9.21 Å². The number of halogens is 2. The van der Waals surface area contributed by atoms with E-state index in [0.717, 1.165) is 36.6 Å². The second-order valence-corrected chi connectivity index (χ2v) is 6.90. The zero-order valence-electron chi connectivity index (χ0n) is 14.0. The molecule has 0 atom stereocenters. The fourth-order valence-electron chi connectivity index (χ4n) is 2.72. The molecule has 0 unspecified atom stereocenters. The highest BCUT2D eigenvalue weighted by Crippen LogP contribution is 2.22. The van der Waals surface area contributed by atoms with Crippen LogP contribution in [0.1, 0.15) is 42.0 Å². The van der Waals surface area contributed by atoms with Gasteiger partial charge in [0.1, 0.15) is 5.76 Å². The van der Waals surface area contributed by atoms with Crippen molar-refractivity contribution in [3.8, 4) is 0 Å². The predicted molar refractivity (Wildman–Crippen MR) is 104 cm³/mol. The molecule has 1 amide bonds. The Kier molecular flexibility index (Phi) is 8.85. The maximum absolute atomic E-state index is 12.2. The quantitative estimate of drug-likeness (QED) is 0.744. The molecule has 0 bridgehead atoms. The van der Waals surface area contributed by atoms with Gasteiger partial charge < -0.3 is 20.0 Å². The van der Waals surface area contributed by atoms with Crippen molar-refractivity contribution >= 4 is 42.5 Å². The zero-order chi connectivity index (χ0) is 16.2. The van der Waals surface area contributed by atoms with Crippen LogP contribution < -0.4 is 11.1 Å². The van der Waals surface area contributed by atoms with Crippen LogP contribution in [-0.2, 0) is 12.8 Å². The molecular formula is C16H24Cl2N4O2S. The van der Waals surface area contributed by atoms with Gasteiger partial charge in [-0.25, -0.2) is 4.98 Å². The van der Waals surface area contributed by atoms with Crippen LogP contribution in [0, 0.1) is 0 Å². The van der Waals surface area contributed by atoms with Gasteiger partial charge >= 0.3 is 0 Å². The number of furan rings is 1. The lowest BCUT2D eigenvalue weighted by Gasteiger charge is -2.26. The first-order valence-electron chi connectivity index (χ1n) is 7.87. The average molecular weight is 407 g/mol. The number of hydrogen-bond donors (Lipinski definition) is 2. The van der Waals surface area contributed by atoms with E-state index in [9.17, 15) is 4.79 Å². The molecule has 0 aromatic carbocycles. The lowest BCUT2D eigenvalue weighted by atomic mass is 9.92. The van der Waals surface area contributed by atoms with Gasteiger partial charge in [0.25, 0.3) is 5.91 Å². The number of aromatic nitrogens is 2. The first kappa shape index (κ1) is 21.9. The molecule has 9 heteroatoms. The topological polar surface area (TPSA) is 86.1 Å². The normalized spacial score (nSPS) is 19.6. The van der Waals surface area contributed by atoms with Gasteiger partial charge in [0.2, 0.25) is 0 Å². The van der Waals surface area contributed by atoms with E-state index in [1.54, 1.807) is 24.0 Å². The van der Waals surface area contributed by atoms with Crippen LogP contribution in [0.15, 0.2) is 34.1 Å². The Balaban J connectivity index is 0.00000156. The monoisotopic (exact) mass is 406 g/mol. The highest BCUT2D eigenvalue weighted by atomic mass is 35.5. The van der Waals surface area contributed by atoms with E-state index < -0.39 is 0 Å². The number of nitrogens with zero attached hydrogens (tertiary/aromatic N) is 2. The number of rotatable bonds is 5. The fraction of sp³-hybridized carbons (Fsp3) is 0.500. The van der Waals surface area contributed by atoms with Crippen molar-refractivity contribution in [3.05, 3.63) is 36.0 Å². The van der Waals surface area contributed by atoms with E-state index in [-0.39, 0.29) is 42.8 Å². The van der Waals surface area contributed by atoms with Crippen molar-refractivity contribution in [2.45, 2.75) is 48.7 Å². The molecule has 6 nitrogen and oxygen atoms in total. The Morgan fingerprint density at radius 3 is 2.72 bits per heavy atom. The van der Waals surface area contributed by atoms with Crippen molar-refractivity contribution in [2.24, 2.45) is 12.8 Å². The largest absolute Gasteiger partial charge is 0.455 e. The minimum atomic E-state index is -0.140. The molecular weight excluding hydrogens is 383 g/mol. The van der Waals surface area contributed by atoms with Gasteiger partial charge in [-0.15, -0.1) is 24.8 Å². The van der Waals surface area contributed by atoms with Gasteiger partial charge in [-0.3, -0.25) is 4.79 Å². The Morgan fingerprint density at radius 1 is 1.36 bits per heavy atom. The lowest BCUT2D eigenvalue weighted by molar-refractivity contribution is 0.0896. The Morgan fingerprint density at radius 2 is 2.08 bits per heavy atom. The van der Waals surface area contributed by atoms with Gasteiger partial charge in [0.05, 0.1) is 5.75 Å². The molecule has 0 saturated heterocycles. The van der Waals surface area contributed by atoms with Crippen LogP contribution in [0.2, 0.25) is 0 Å². The number of thioether (sulfide) groups is 1. The third-order valence-corrected chi connectivity index (χ3v) is 5.19. The van der Waals surface area contributed by atoms with Crippen molar-refractivity contribution in [1.29, 1.82) is 0 Å². The van der Waals surface area contributed by atoms with Gasteiger partial charge in [-0.05, 0) is 37.8 Å². The minimum Gasteiger partial charge on any atom is -0.455 e. The van der Waals surface area contributed by atoms with Gasteiger partial charge in [0.15, 0.2) is 10.9 Å². The summed E-state index contributed by atoms with van der Waals surface area (Å²) in [7, 11) is 1.95. The molecule has 2 heterocycles. The van der Waals surface area contributed by atoms with Crippen LogP contribution in [0.3, 0.4) is 0 Å². The molecule has 3 N–H and O–H groups in total. The molecule has 1 fully saturated rings. The number of carbonyl (C=O) groups excluding carboxylic acids is 1. The molecule has 0 spiro atoms. The minimum absolute atomic E-state index is 0. The number of carbonyl (C=O) groups is 1. The molecule has 0 aliphatic heterocycles. The summed E-state index contributed by atoms with van der Waals surface area (Å²) in [5, 5.41) is 3.96. The predicted octanol–water partition coefficient (Wildman–Crippen LogP) is 3.15. The zero-order valence-corrected chi connectivity index (χ0v) is 16.5. The molecule has 0 radical (unpaired) electrons. The molecule has 1 aliphatic rings. The summed E-state index contributed by atoms with van der Waals surface area (Å²) in [5.41, 5.74) is 5.89. The van der Waals surface area contributed by atoms with Crippen molar-refractivity contribution in [3.63, 3.8) is 0 Å². The average Bonchev–Trinajstić information content (AvgIpc) is 3.16. The number of aryl methyl sites for hydroxylation is 1. The first-order valence-corrected chi connectivity index (χ1v) is 8.85. The summed E-state index contributed by atoms with van der Waals surface area (Å²) < 4.78 is 7.61. The Bertz CT molecular complexity index is 669. The summed E-state index contributed by atoms with van der Waals surface area (Å²) >= 11 is 1.58. The van der Waals surface area contributed by atoms with Crippen LogP contribution >= 0.6 is 36.6 Å². The molecule has 140 valence electrons. The summed E-state index contributed by atoms with van der Waals surface area (Å²) in [6, 6.07) is 4.07. The van der Waals surface area contributed by atoms with E-state index in [4.69, 9.17) is 10.2 Å². The third-order valence-electron chi connectivity index (χ3n) is 4.11. The van der Waals surface area contributed by atoms with Crippen molar-refractivity contribution in [2.75, 3.05) is 0 Å². The van der Waals surface area contributed by atoms with Crippen LogP contribution in [0.5, 0.6) is 0 Å². The number of hydrogen-bond acceptors (Lipinski definition) is 5. The number of nitrogens with one attached hydrogen (secondary N) is 1. The van der Waals surface area contributed by atoms with Gasteiger partial charge in [-0.2, -0.15) is 0 Å². The molecule has 2 aromatic rings. The summed E-state index contributed by atoms with van der Waals surface area (Å²) in [6.45, 7) is 0. The molecule has 3 rings (SSSR count). The SMILES string of the molecule is Cl.Cl.Cn1ccnc1SCc1ccc(C(=O)NC2CCC(N)CC2)o1. The number of amides is 1. The van der Waals surface area contributed by atoms with Crippen LogP contribution in [-0.4, -0.2) is 27.5 Å². The smallest absolute Gasteiger partial charge is 0.287 e. The highest BCUT2D eigenvalue weighted by Gasteiger charge is 2.21.